The Labute approximate surface area is 259 Å². The Kier molecular flexibility index (Phi) is 8.14. The fraction of sp³-hybridized carbons (Fsp3) is 0.484. The predicted octanol–water partition coefficient (Wildman–Crippen LogP) is 3.42. The van der Waals surface area contributed by atoms with Crippen molar-refractivity contribution in [1.29, 1.82) is 10.5 Å². The summed E-state index contributed by atoms with van der Waals surface area (Å²) < 4.78 is 50.8. The van der Waals surface area contributed by atoms with E-state index in [0.717, 1.165) is 25.9 Å². The van der Waals surface area contributed by atoms with Crippen LogP contribution in [0.15, 0.2) is 30.6 Å². The summed E-state index contributed by atoms with van der Waals surface area (Å²) in [6.45, 7) is 3.48. The van der Waals surface area contributed by atoms with Gasteiger partial charge < -0.3 is 9.30 Å². The van der Waals surface area contributed by atoms with Gasteiger partial charge in [0.15, 0.2) is 0 Å². The summed E-state index contributed by atoms with van der Waals surface area (Å²) in [5, 5.41) is 27.4. The second-order valence-corrected chi connectivity index (χ2v) is 12.5. The Morgan fingerprint density at radius 3 is 2.62 bits per heavy atom. The van der Waals surface area contributed by atoms with Gasteiger partial charge in [0.2, 0.25) is 0 Å². The molecule has 3 aliphatic rings. The Bertz CT molecular complexity index is 1710. The fourth-order valence-corrected chi connectivity index (χ4v) is 6.64. The highest BCUT2D eigenvalue weighted by atomic mass is 19.4. The molecule has 0 bridgehead atoms. The van der Waals surface area contributed by atoms with Gasteiger partial charge in [0.05, 0.1) is 31.4 Å². The fourth-order valence-electron chi connectivity index (χ4n) is 6.64. The predicted molar refractivity (Wildman–Crippen MR) is 158 cm³/mol. The lowest BCUT2D eigenvalue weighted by atomic mass is 9.46. The normalized spacial score (nSPS) is 19.5. The zero-order valence-corrected chi connectivity index (χ0v) is 25.1. The van der Waals surface area contributed by atoms with Crippen LogP contribution in [0.25, 0.3) is 0 Å². The van der Waals surface area contributed by atoms with Crippen molar-refractivity contribution in [1.82, 2.24) is 24.6 Å². The molecular formula is C31H32BF3N8O2. The third kappa shape index (κ3) is 5.92. The number of nitrogens with zero attached hydrogens (tertiary/aromatic N) is 8. The van der Waals surface area contributed by atoms with Crippen LogP contribution in [0.1, 0.15) is 58.2 Å². The van der Waals surface area contributed by atoms with Gasteiger partial charge in [-0.15, -0.1) is 10.2 Å². The molecule has 0 saturated carbocycles. The van der Waals surface area contributed by atoms with Crippen molar-refractivity contribution in [3.63, 3.8) is 0 Å². The lowest BCUT2D eigenvalue weighted by Crippen LogP contribution is -2.50. The lowest BCUT2D eigenvalue weighted by Gasteiger charge is -2.42. The molecule has 0 spiro atoms. The average Bonchev–Trinajstić information content (AvgIpc) is 3.54. The average molecular weight is 616 g/mol. The van der Waals surface area contributed by atoms with Gasteiger partial charge in [0.25, 0.3) is 5.91 Å². The van der Waals surface area contributed by atoms with Gasteiger partial charge >= 0.3 is 12.9 Å². The van der Waals surface area contributed by atoms with E-state index in [4.69, 9.17) is 4.74 Å². The number of piperidine rings is 1. The van der Waals surface area contributed by atoms with E-state index in [1.807, 2.05) is 13.1 Å². The molecule has 1 atom stereocenters. The van der Waals surface area contributed by atoms with Gasteiger partial charge in [-0.1, -0.05) is 6.92 Å². The number of ether oxygens (including phenoxy) is 1. The molecule has 232 valence electrons. The number of likely N-dealkylation sites (tertiary alicyclic amines) is 1. The highest BCUT2D eigenvalue weighted by Crippen LogP contribution is 2.41. The van der Waals surface area contributed by atoms with Crippen LogP contribution in [0, 0.1) is 28.5 Å². The number of benzene rings is 1. The van der Waals surface area contributed by atoms with Crippen LogP contribution in [-0.2, 0) is 42.9 Å². The molecule has 5 heterocycles. The molecule has 1 amide bonds. The van der Waals surface area contributed by atoms with E-state index >= 15 is 0 Å². The van der Waals surface area contributed by atoms with Crippen molar-refractivity contribution < 1.29 is 22.7 Å². The van der Waals surface area contributed by atoms with Crippen molar-refractivity contribution in [2.45, 2.75) is 57.2 Å². The molecule has 2 aromatic heterocycles. The number of hydrogen-bond donors (Lipinski definition) is 0. The molecule has 0 N–H and O–H groups in total. The minimum Gasteiger partial charge on any atom is -0.379 e. The lowest BCUT2D eigenvalue weighted by molar-refractivity contribution is -0.138. The third-order valence-electron chi connectivity index (χ3n) is 9.14. The zero-order chi connectivity index (χ0) is 31.9. The number of hydrogen-bond acceptors (Lipinski definition) is 8. The molecule has 3 aliphatic heterocycles. The van der Waals surface area contributed by atoms with Gasteiger partial charge in [0, 0.05) is 55.4 Å². The number of carbonyl (C=O) groups is 1. The zero-order valence-electron chi connectivity index (χ0n) is 25.1. The smallest absolute Gasteiger partial charge is 0.379 e. The van der Waals surface area contributed by atoms with Gasteiger partial charge in [-0.25, -0.2) is 10.2 Å². The maximum atomic E-state index is 14.5. The number of carbonyl (C=O) groups excluding carboxylic acids is 1. The van der Waals surface area contributed by atoms with E-state index in [2.05, 4.69) is 33.0 Å². The summed E-state index contributed by atoms with van der Waals surface area (Å²) >= 11 is 0. The first-order valence-electron chi connectivity index (χ1n) is 15.0. The van der Waals surface area contributed by atoms with E-state index in [-0.39, 0.29) is 35.4 Å². The maximum Gasteiger partial charge on any atom is 0.416 e. The molecule has 45 heavy (non-hydrogen) atoms. The first-order valence-corrected chi connectivity index (χ1v) is 15.0. The Morgan fingerprint density at radius 1 is 1.20 bits per heavy atom. The van der Waals surface area contributed by atoms with E-state index < -0.39 is 29.8 Å². The largest absolute Gasteiger partial charge is 0.416 e. The second-order valence-electron chi connectivity index (χ2n) is 12.5. The van der Waals surface area contributed by atoms with Crippen LogP contribution in [0.4, 0.5) is 19.0 Å². The van der Waals surface area contributed by atoms with Crippen LogP contribution in [0.3, 0.4) is 0 Å². The summed E-state index contributed by atoms with van der Waals surface area (Å²) in [7, 11) is 1.82. The van der Waals surface area contributed by atoms with Crippen molar-refractivity contribution >= 4 is 24.0 Å². The summed E-state index contributed by atoms with van der Waals surface area (Å²) in [5.41, 5.74) is -0.0748. The first-order chi connectivity index (χ1) is 21.5. The number of fused-ring (bicyclic) bond motifs is 1. The summed E-state index contributed by atoms with van der Waals surface area (Å²) in [5.74, 6) is 2.81. The summed E-state index contributed by atoms with van der Waals surface area (Å²) in [4.78, 5) is 21.9. The van der Waals surface area contributed by atoms with Crippen LogP contribution in [0.2, 0.25) is 6.32 Å². The molecular weight excluding hydrogens is 584 g/mol. The maximum absolute atomic E-state index is 14.5. The number of anilines is 1. The first kappa shape index (κ1) is 30.7. The van der Waals surface area contributed by atoms with Crippen LogP contribution in [0.5, 0.6) is 0 Å². The number of amides is 1. The topological polar surface area (TPSA) is 124 Å². The minimum atomic E-state index is -4.66. The highest BCUT2D eigenvalue weighted by molar-refractivity contribution is 6.79. The molecule has 2 saturated heterocycles. The van der Waals surface area contributed by atoms with E-state index in [1.54, 1.807) is 29.1 Å². The van der Waals surface area contributed by atoms with Crippen molar-refractivity contribution in [2.75, 3.05) is 31.2 Å². The third-order valence-corrected chi connectivity index (χ3v) is 9.14. The number of rotatable bonds is 8. The van der Waals surface area contributed by atoms with E-state index in [0.29, 0.717) is 49.0 Å². The number of pyridine rings is 1. The Morgan fingerprint density at radius 2 is 2.00 bits per heavy atom. The van der Waals surface area contributed by atoms with Gasteiger partial charge in [-0.3, -0.25) is 14.6 Å². The monoisotopic (exact) mass is 616 g/mol. The molecule has 3 aromatic rings. The van der Waals surface area contributed by atoms with Crippen LogP contribution in [-0.4, -0.2) is 63.6 Å². The van der Waals surface area contributed by atoms with Gasteiger partial charge in [0.1, 0.15) is 18.0 Å². The van der Waals surface area contributed by atoms with E-state index in [1.165, 1.54) is 11.0 Å². The molecule has 0 radical (unpaired) electrons. The molecule has 6 rings (SSSR count). The number of alkyl halides is 3. The molecule has 10 nitrogen and oxygen atoms in total. The SMILES string of the molecule is C[C@H]1CCCN(Cc2cc3c(c(C(F)(F)F)c2)CN(c2cc(C4(Cc5nncn5C)COC4)cc(B(C#N)CC#N)n2)C3=O)C1. The molecule has 0 aliphatic carbocycles. The molecule has 1 aromatic carbocycles. The molecule has 14 heteroatoms. The van der Waals surface area contributed by atoms with Crippen molar-refractivity contribution in [3.8, 4) is 12.0 Å². The Balaban J connectivity index is 1.41. The number of aromatic nitrogens is 4. The number of nitriles is 2. The molecule has 2 fully saturated rings. The van der Waals surface area contributed by atoms with E-state index in [9.17, 15) is 28.5 Å². The number of halogens is 3. The minimum absolute atomic E-state index is 0.00766. The number of aryl methyl sites for hydroxylation is 1. The van der Waals surface area contributed by atoms with Gasteiger partial charge in [-0.2, -0.15) is 18.4 Å². The summed E-state index contributed by atoms with van der Waals surface area (Å²) in [6.07, 6.45) is -0.703. The van der Waals surface area contributed by atoms with Crippen molar-refractivity contribution in [3.05, 3.63) is 64.2 Å². The standard InChI is InChI=1S/C31H32BF3N8O2/c1-20-4-3-7-42(13-20)14-21-8-23-24(25(9-21)31(33,34)35)15-43(29(23)44)27-11-22(10-26(39-27)32(18-37)5-6-36)30(16-45-17-30)12-28-40-38-19-41(28)2/h8-11,19-20H,3-5,7,12-17H2,1-2H3/t20-/m0/s1. The Hall–Kier alpha value is -4.27. The van der Waals surface area contributed by atoms with Crippen LogP contribution >= 0.6 is 0 Å². The van der Waals surface area contributed by atoms with Gasteiger partial charge in [-0.05, 0) is 66.3 Å². The van der Waals surface area contributed by atoms with Crippen LogP contribution < -0.4 is 10.5 Å². The highest BCUT2D eigenvalue weighted by Gasteiger charge is 2.45. The quantitative estimate of drug-likeness (QED) is 0.353. The second kappa shape index (κ2) is 11.9. The van der Waals surface area contributed by atoms with Crippen molar-refractivity contribution in [2.24, 2.45) is 13.0 Å². The molecule has 0 unspecified atom stereocenters. The summed E-state index contributed by atoms with van der Waals surface area (Å²) in [6, 6.07) is 8.19.